The fraction of sp³-hybridized carbons (Fsp3) is 0.235. The zero-order chi connectivity index (χ0) is 17.5. The first-order chi connectivity index (χ1) is 11.5. The van der Waals surface area contributed by atoms with Gasteiger partial charge in [-0.2, -0.15) is 0 Å². The minimum absolute atomic E-state index is 0.0123. The maximum atomic E-state index is 12.8. The Hall–Kier alpha value is -2.28. The molecule has 5 nitrogen and oxygen atoms in total. The standard InChI is InChI=1S/C17H16BrFO5/c1-21-15-8-14(18)16(22-2)7-11(15)9-24-17(20)10-23-13-5-3-12(19)4-6-13/h3-8H,9-10H2,1-2H3. The molecule has 0 fully saturated rings. The number of esters is 1. The van der Waals surface area contributed by atoms with Gasteiger partial charge in [0.15, 0.2) is 6.61 Å². The van der Waals surface area contributed by atoms with Crippen molar-refractivity contribution in [3.63, 3.8) is 0 Å². The minimum Gasteiger partial charge on any atom is -0.496 e. The predicted octanol–water partition coefficient (Wildman–Crippen LogP) is 3.73. The van der Waals surface area contributed by atoms with E-state index in [1.165, 1.54) is 31.4 Å². The molecule has 0 radical (unpaired) electrons. The van der Waals surface area contributed by atoms with Crippen molar-refractivity contribution in [3.05, 3.63) is 52.3 Å². The summed E-state index contributed by atoms with van der Waals surface area (Å²) in [5.74, 6) is 0.625. The number of rotatable bonds is 7. The molecule has 0 aliphatic heterocycles. The van der Waals surface area contributed by atoms with Gasteiger partial charge in [0.25, 0.3) is 0 Å². The van der Waals surface area contributed by atoms with Crippen molar-refractivity contribution < 1.29 is 28.1 Å². The Morgan fingerprint density at radius 1 is 1.08 bits per heavy atom. The van der Waals surface area contributed by atoms with Crippen LogP contribution in [0.2, 0.25) is 0 Å². The average molecular weight is 399 g/mol. The predicted molar refractivity (Wildman–Crippen MR) is 88.9 cm³/mol. The highest BCUT2D eigenvalue weighted by atomic mass is 79.9. The number of halogens is 2. The Kier molecular flexibility index (Phi) is 6.43. The molecule has 0 unspecified atom stereocenters. The molecule has 24 heavy (non-hydrogen) atoms. The highest BCUT2D eigenvalue weighted by Gasteiger charge is 2.12. The van der Waals surface area contributed by atoms with Gasteiger partial charge in [0.2, 0.25) is 0 Å². The molecule has 0 spiro atoms. The number of hydrogen-bond acceptors (Lipinski definition) is 5. The van der Waals surface area contributed by atoms with Crippen molar-refractivity contribution in [1.29, 1.82) is 0 Å². The van der Waals surface area contributed by atoms with Gasteiger partial charge in [-0.15, -0.1) is 0 Å². The van der Waals surface area contributed by atoms with Crippen LogP contribution in [0.15, 0.2) is 40.9 Å². The largest absolute Gasteiger partial charge is 0.496 e. The first kappa shape index (κ1) is 18.1. The zero-order valence-electron chi connectivity index (χ0n) is 13.2. The molecule has 0 aliphatic carbocycles. The van der Waals surface area contributed by atoms with Crippen LogP contribution in [0.3, 0.4) is 0 Å². The number of carbonyl (C=O) groups excluding carboxylic acids is 1. The van der Waals surface area contributed by atoms with E-state index in [0.29, 0.717) is 22.8 Å². The molecule has 0 bridgehead atoms. The molecule has 128 valence electrons. The monoisotopic (exact) mass is 398 g/mol. The second-order valence-corrected chi connectivity index (χ2v) is 5.56. The van der Waals surface area contributed by atoms with Crippen molar-refractivity contribution in [1.82, 2.24) is 0 Å². The Balaban J connectivity index is 1.92. The first-order valence-electron chi connectivity index (χ1n) is 6.98. The normalized spacial score (nSPS) is 10.2. The van der Waals surface area contributed by atoms with Crippen LogP contribution in [0.25, 0.3) is 0 Å². The van der Waals surface area contributed by atoms with E-state index in [1.807, 2.05) is 0 Å². The topological polar surface area (TPSA) is 54.0 Å². The van der Waals surface area contributed by atoms with E-state index in [9.17, 15) is 9.18 Å². The minimum atomic E-state index is -0.553. The summed E-state index contributed by atoms with van der Waals surface area (Å²) >= 11 is 3.36. The van der Waals surface area contributed by atoms with Crippen molar-refractivity contribution >= 4 is 21.9 Å². The van der Waals surface area contributed by atoms with Crippen LogP contribution in [-0.2, 0) is 16.1 Å². The van der Waals surface area contributed by atoms with Gasteiger partial charge < -0.3 is 18.9 Å². The molecule has 0 aromatic heterocycles. The summed E-state index contributed by atoms with van der Waals surface area (Å²) in [6, 6.07) is 8.82. The summed E-state index contributed by atoms with van der Waals surface area (Å²) in [4.78, 5) is 11.8. The first-order valence-corrected chi connectivity index (χ1v) is 7.77. The van der Waals surface area contributed by atoms with Crippen LogP contribution in [0.1, 0.15) is 5.56 Å². The quantitative estimate of drug-likeness (QED) is 0.665. The van der Waals surface area contributed by atoms with Gasteiger partial charge in [-0.05, 0) is 52.3 Å². The van der Waals surface area contributed by atoms with Crippen LogP contribution >= 0.6 is 15.9 Å². The number of ether oxygens (including phenoxy) is 4. The second-order valence-electron chi connectivity index (χ2n) is 4.70. The van der Waals surface area contributed by atoms with Crippen molar-refractivity contribution in [2.45, 2.75) is 6.61 Å². The van der Waals surface area contributed by atoms with Gasteiger partial charge >= 0.3 is 5.97 Å². The van der Waals surface area contributed by atoms with E-state index >= 15 is 0 Å². The molecule has 2 aromatic rings. The molecule has 0 saturated carbocycles. The summed E-state index contributed by atoms with van der Waals surface area (Å²) in [7, 11) is 3.07. The molecule has 7 heteroatoms. The summed E-state index contributed by atoms with van der Waals surface area (Å²) in [5.41, 5.74) is 0.660. The molecule has 0 atom stereocenters. The molecule has 0 amide bonds. The third kappa shape index (κ3) is 4.86. The summed E-state index contributed by atoms with van der Waals surface area (Å²) in [5, 5.41) is 0. The Morgan fingerprint density at radius 3 is 2.38 bits per heavy atom. The van der Waals surface area contributed by atoms with E-state index in [2.05, 4.69) is 15.9 Å². The fourth-order valence-electron chi connectivity index (χ4n) is 1.91. The Morgan fingerprint density at radius 2 is 1.75 bits per heavy atom. The van der Waals surface area contributed by atoms with E-state index in [-0.39, 0.29) is 19.0 Å². The molecular formula is C17H16BrFO5. The van der Waals surface area contributed by atoms with E-state index in [0.717, 1.165) is 4.47 Å². The summed E-state index contributed by atoms with van der Waals surface area (Å²) in [6.45, 7) is -0.264. The van der Waals surface area contributed by atoms with Crippen molar-refractivity contribution in [2.75, 3.05) is 20.8 Å². The zero-order valence-corrected chi connectivity index (χ0v) is 14.8. The van der Waals surface area contributed by atoms with Gasteiger partial charge in [0.05, 0.1) is 18.7 Å². The third-order valence-corrected chi connectivity index (χ3v) is 3.73. The maximum absolute atomic E-state index is 12.8. The van der Waals surface area contributed by atoms with Gasteiger partial charge in [-0.3, -0.25) is 0 Å². The molecule has 0 saturated heterocycles. The molecule has 2 rings (SSSR count). The summed E-state index contributed by atoms with van der Waals surface area (Å²) < 4.78 is 34.4. The van der Waals surface area contributed by atoms with Crippen LogP contribution in [0.4, 0.5) is 4.39 Å². The van der Waals surface area contributed by atoms with Crippen LogP contribution < -0.4 is 14.2 Å². The average Bonchev–Trinajstić information content (AvgIpc) is 2.59. The van der Waals surface area contributed by atoms with Crippen LogP contribution in [0.5, 0.6) is 17.2 Å². The smallest absolute Gasteiger partial charge is 0.344 e. The van der Waals surface area contributed by atoms with Gasteiger partial charge in [-0.1, -0.05) is 0 Å². The Bertz CT molecular complexity index is 703. The Labute approximate surface area is 147 Å². The van der Waals surface area contributed by atoms with Crippen molar-refractivity contribution in [2.24, 2.45) is 0 Å². The number of hydrogen-bond donors (Lipinski definition) is 0. The number of carbonyl (C=O) groups is 1. The lowest BCUT2D eigenvalue weighted by atomic mass is 10.2. The highest BCUT2D eigenvalue weighted by Crippen LogP contribution is 2.33. The third-order valence-electron chi connectivity index (χ3n) is 3.11. The van der Waals surface area contributed by atoms with Crippen LogP contribution in [0, 0.1) is 5.82 Å². The lowest BCUT2D eigenvalue weighted by molar-refractivity contribution is -0.147. The van der Waals surface area contributed by atoms with Crippen LogP contribution in [-0.4, -0.2) is 26.8 Å². The van der Waals surface area contributed by atoms with Gasteiger partial charge in [0, 0.05) is 5.56 Å². The fourth-order valence-corrected chi connectivity index (χ4v) is 2.39. The lowest BCUT2D eigenvalue weighted by Crippen LogP contribution is -2.15. The highest BCUT2D eigenvalue weighted by molar-refractivity contribution is 9.10. The number of methoxy groups -OCH3 is 2. The number of benzene rings is 2. The van der Waals surface area contributed by atoms with E-state index in [4.69, 9.17) is 18.9 Å². The maximum Gasteiger partial charge on any atom is 0.344 e. The van der Waals surface area contributed by atoms with E-state index < -0.39 is 5.97 Å². The van der Waals surface area contributed by atoms with Gasteiger partial charge in [0.1, 0.15) is 29.7 Å². The van der Waals surface area contributed by atoms with E-state index in [1.54, 1.807) is 19.2 Å². The van der Waals surface area contributed by atoms with Crippen molar-refractivity contribution in [3.8, 4) is 17.2 Å². The molecule has 0 aliphatic rings. The molecule has 2 aromatic carbocycles. The molecule has 0 heterocycles. The van der Waals surface area contributed by atoms with Gasteiger partial charge in [-0.25, -0.2) is 9.18 Å². The summed E-state index contributed by atoms with van der Waals surface area (Å²) in [6.07, 6.45) is 0. The second kappa shape index (κ2) is 8.54. The molecule has 0 N–H and O–H groups in total. The SMILES string of the molecule is COc1cc(COC(=O)COc2ccc(F)cc2)c(OC)cc1Br. The molecular weight excluding hydrogens is 383 g/mol. The lowest BCUT2D eigenvalue weighted by Gasteiger charge is -2.13.